The highest BCUT2D eigenvalue weighted by Crippen LogP contribution is 2.31. The quantitative estimate of drug-likeness (QED) is 0.909. The summed E-state index contributed by atoms with van der Waals surface area (Å²) in [6.07, 6.45) is -3.16. The highest BCUT2D eigenvalue weighted by Gasteiger charge is 2.41. The molecule has 0 spiro atoms. The molecule has 1 aliphatic carbocycles. The first-order valence-electron chi connectivity index (χ1n) is 6.87. The van der Waals surface area contributed by atoms with Crippen LogP contribution in [0.5, 0.6) is 0 Å². The molecule has 1 saturated carbocycles. The average molecular weight is 301 g/mol. The highest BCUT2D eigenvalue weighted by molar-refractivity contribution is 5.93. The number of alkyl halides is 3. The van der Waals surface area contributed by atoms with Gasteiger partial charge in [-0.25, -0.2) is 4.98 Å². The van der Waals surface area contributed by atoms with E-state index in [1.807, 2.05) is 13.8 Å². The van der Waals surface area contributed by atoms with Crippen molar-refractivity contribution in [2.75, 3.05) is 11.9 Å². The molecule has 0 aromatic carbocycles. The molecule has 0 radical (unpaired) electrons. The molecule has 0 aliphatic heterocycles. The van der Waals surface area contributed by atoms with Gasteiger partial charge in [-0.15, -0.1) is 0 Å². The molecule has 1 amide bonds. The van der Waals surface area contributed by atoms with Gasteiger partial charge in [0.25, 0.3) is 5.91 Å². The van der Waals surface area contributed by atoms with E-state index < -0.39 is 18.6 Å². The second-order valence-corrected chi connectivity index (χ2v) is 5.49. The van der Waals surface area contributed by atoms with E-state index in [1.54, 1.807) is 12.1 Å². The Morgan fingerprint density at radius 2 is 2.10 bits per heavy atom. The van der Waals surface area contributed by atoms with Gasteiger partial charge >= 0.3 is 6.18 Å². The molecule has 1 fully saturated rings. The minimum Gasteiger partial charge on any atom is -0.368 e. The molecule has 7 heteroatoms. The topological polar surface area (TPSA) is 45.2 Å². The van der Waals surface area contributed by atoms with Crippen LogP contribution in [0, 0.1) is 0 Å². The summed E-state index contributed by atoms with van der Waals surface area (Å²) in [5.41, 5.74) is 0.0387. The number of carbonyl (C=O) groups is 1. The summed E-state index contributed by atoms with van der Waals surface area (Å²) in [7, 11) is 0. The Hall–Kier alpha value is -1.79. The van der Waals surface area contributed by atoms with Crippen molar-refractivity contribution in [3.05, 3.63) is 23.9 Å². The van der Waals surface area contributed by atoms with Gasteiger partial charge in [0, 0.05) is 12.1 Å². The summed E-state index contributed by atoms with van der Waals surface area (Å²) in [6, 6.07) is 4.55. The third kappa shape index (κ3) is 4.61. The SMILES string of the molecule is CC(C)Nc1cccc(C(=O)N(CC(F)(F)F)C2CC2)n1. The predicted molar refractivity (Wildman–Crippen MR) is 73.1 cm³/mol. The zero-order valence-electron chi connectivity index (χ0n) is 11.9. The second-order valence-electron chi connectivity index (χ2n) is 5.49. The summed E-state index contributed by atoms with van der Waals surface area (Å²) >= 11 is 0. The summed E-state index contributed by atoms with van der Waals surface area (Å²) < 4.78 is 37.8. The smallest absolute Gasteiger partial charge is 0.368 e. The molecule has 116 valence electrons. The van der Waals surface area contributed by atoms with Crippen molar-refractivity contribution >= 4 is 11.7 Å². The Balaban J connectivity index is 2.16. The van der Waals surface area contributed by atoms with Gasteiger partial charge < -0.3 is 10.2 Å². The largest absolute Gasteiger partial charge is 0.406 e. The standard InChI is InChI=1S/C14H18F3N3O/c1-9(2)18-12-5-3-4-11(19-12)13(21)20(10-6-7-10)8-14(15,16)17/h3-5,9-10H,6-8H2,1-2H3,(H,18,19). The van der Waals surface area contributed by atoms with Crippen molar-refractivity contribution in [2.24, 2.45) is 0 Å². The normalized spacial score (nSPS) is 15.1. The van der Waals surface area contributed by atoms with Crippen LogP contribution in [-0.2, 0) is 0 Å². The van der Waals surface area contributed by atoms with Crippen LogP contribution >= 0.6 is 0 Å². The Morgan fingerprint density at radius 1 is 1.43 bits per heavy atom. The predicted octanol–water partition coefficient (Wildman–Crippen LogP) is 3.07. The first kappa shape index (κ1) is 15.6. The molecule has 2 rings (SSSR count). The lowest BCUT2D eigenvalue weighted by Crippen LogP contribution is -2.40. The van der Waals surface area contributed by atoms with Crippen molar-refractivity contribution < 1.29 is 18.0 Å². The number of anilines is 1. The number of amides is 1. The van der Waals surface area contributed by atoms with Crippen LogP contribution in [0.2, 0.25) is 0 Å². The second kappa shape index (κ2) is 5.91. The molecule has 0 bridgehead atoms. The van der Waals surface area contributed by atoms with Gasteiger partial charge in [-0.05, 0) is 38.8 Å². The van der Waals surface area contributed by atoms with E-state index in [0.29, 0.717) is 18.7 Å². The van der Waals surface area contributed by atoms with E-state index in [4.69, 9.17) is 0 Å². The molecule has 1 heterocycles. The number of carbonyl (C=O) groups excluding carboxylic acids is 1. The van der Waals surface area contributed by atoms with E-state index in [-0.39, 0.29) is 17.8 Å². The molecular weight excluding hydrogens is 283 g/mol. The van der Waals surface area contributed by atoms with Crippen LogP contribution in [0.3, 0.4) is 0 Å². The number of pyridine rings is 1. The maximum absolute atomic E-state index is 12.6. The van der Waals surface area contributed by atoms with Crippen molar-refractivity contribution in [3.8, 4) is 0 Å². The maximum atomic E-state index is 12.6. The Labute approximate surface area is 121 Å². The fourth-order valence-electron chi connectivity index (χ4n) is 2.02. The molecule has 0 saturated heterocycles. The van der Waals surface area contributed by atoms with Gasteiger partial charge in [-0.3, -0.25) is 4.79 Å². The number of halogens is 3. The zero-order chi connectivity index (χ0) is 15.6. The Kier molecular flexibility index (Phi) is 4.39. The van der Waals surface area contributed by atoms with Crippen LogP contribution in [0.4, 0.5) is 19.0 Å². The van der Waals surface area contributed by atoms with Gasteiger partial charge in [-0.2, -0.15) is 13.2 Å². The highest BCUT2D eigenvalue weighted by atomic mass is 19.4. The van der Waals surface area contributed by atoms with Crippen LogP contribution < -0.4 is 5.32 Å². The molecule has 0 unspecified atom stereocenters. The number of hydrogen-bond donors (Lipinski definition) is 1. The summed E-state index contributed by atoms with van der Waals surface area (Å²) in [5, 5.41) is 3.03. The van der Waals surface area contributed by atoms with Crippen molar-refractivity contribution in [2.45, 2.75) is 44.9 Å². The molecule has 21 heavy (non-hydrogen) atoms. The molecule has 1 aromatic heterocycles. The lowest BCUT2D eigenvalue weighted by molar-refractivity contribution is -0.141. The van der Waals surface area contributed by atoms with Crippen molar-refractivity contribution in [1.82, 2.24) is 9.88 Å². The Bertz CT molecular complexity index is 512. The summed E-state index contributed by atoms with van der Waals surface area (Å²) in [4.78, 5) is 17.3. The van der Waals surface area contributed by atoms with Crippen molar-refractivity contribution in [3.63, 3.8) is 0 Å². The molecule has 1 aliphatic rings. The third-order valence-electron chi connectivity index (χ3n) is 3.00. The molecular formula is C14H18F3N3O. The lowest BCUT2D eigenvalue weighted by atomic mass is 10.3. The zero-order valence-corrected chi connectivity index (χ0v) is 11.9. The molecule has 1 aromatic rings. The maximum Gasteiger partial charge on any atom is 0.406 e. The van der Waals surface area contributed by atoms with Crippen molar-refractivity contribution in [1.29, 1.82) is 0 Å². The number of hydrogen-bond acceptors (Lipinski definition) is 3. The van der Waals surface area contributed by atoms with E-state index >= 15 is 0 Å². The van der Waals surface area contributed by atoms with Gasteiger partial charge in [0.2, 0.25) is 0 Å². The molecule has 0 atom stereocenters. The van der Waals surface area contributed by atoms with E-state index in [0.717, 1.165) is 4.90 Å². The summed E-state index contributed by atoms with van der Waals surface area (Å²) in [6.45, 7) is 2.60. The average Bonchev–Trinajstić information content (AvgIpc) is 3.18. The third-order valence-corrected chi connectivity index (χ3v) is 3.00. The summed E-state index contributed by atoms with van der Waals surface area (Å²) in [5.74, 6) is -0.180. The van der Waals surface area contributed by atoms with Gasteiger partial charge in [0.05, 0.1) is 0 Å². The molecule has 1 N–H and O–H groups in total. The molecule has 4 nitrogen and oxygen atoms in total. The fraction of sp³-hybridized carbons (Fsp3) is 0.571. The number of aromatic nitrogens is 1. The number of nitrogens with zero attached hydrogens (tertiary/aromatic N) is 2. The van der Waals surface area contributed by atoms with E-state index in [1.165, 1.54) is 6.07 Å². The lowest BCUT2D eigenvalue weighted by Gasteiger charge is -2.23. The Morgan fingerprint density at radius 3 is 2.62 bits per heavy atom. The fourth-order valence-corrected chi connectivity index (χ4v) is 2.02. The number of rotatable bonds is 5. The van der Waals surface area contributed by atoms with Crippen LogP contribution in [-0.4, -0.2) is 40.6 Å². The minimum atomic E-state index is -4.40. The first-order chi connectivity index (χ1) is 9.76. The first-order valence-corrected chi connectivity index (χ1v) is 6.87. The minimum absolute atomic E-state index is 0.0387. The van der Waals surface area contributed by atoms with E-state index in [9.17, 15) is 18.0 Å². The van der Waals surface area contributed by atoms with E-state index in [2.05, 4.69) is 10.3 Å². The van der Waals surface area contributed by atoms with Gasteiger partial charge in [0.1, 0.15) is 18.1 Å². The van der Waals surface area contributed by atoms with Crippen LogP contribution in [0.25, 0.3) is 0 Å². The monoisotopic (exact) mass is 301 g/mol. The number of nitrogens with one attached hydrogen (secondary N) is 1. The van der Waals surface area contributed by atoms with Gasteiger partial charge in [-0.1, -0.05) is 6.07 Å². The van der Waals surface area contributed by atoms with Crippen LogP contribution in [0.15, 0.2) is 18.2 Å². The van der Waals surface area contributed by atoms with Crippen LogP contribution in [0.1, 0.15) is 37.2 Å². The van der Waals surface area contributed by atoms with Gasteiger partial charge in [0.15, 0.2) is 0 Å².